The molecule has 3 N–H and O–H groups in total. The molecule has 0 spiro atoms. The Labute approximate surface area is 79.7 Å². The lowest BCUT2D eigenvalue weighted by atomic mass is 10.2. The van der Waals surface area contributed by atoms with Crippen LogP contribution in [-0.2, 0) is 4.74 Å². The maximum atomic E-state index is 8.76. The number of nitrogens with zero attached hydrogens (tertiary/aromatic N) is 1. The van der Waals surface area contributed by atoms with Crippen molar-refractivity contribution in [3.05, 3.63) is 0 Å². The molecule has 1 fully saturated rings. The summed E-state index contributed by atoms with van der Waals surface area (Å²) in [6.07, 6.45) is 0.862. The molecule has 0 bridgehead atoms. The molecule has 13 heavy (non-hydrogen) atoms. The number of hydrogen-bond acceptors (Lipinski definition) is 4. The molecule has 2 unspecified atom stereocenters. The first-order valence-electron chi connectivity index (χ1n) is 4.92. The summed E-state index contributed by atoms with van der Waals surface area (Å²) in [5.74, 6) is 0. The molecule has 1 saturated heterocycles. The van der Waals surface area contributed by atoms with Gasteiger partial charge in [-0.2, -0.15) is 0 Å². The van der Waals surface area contributed by atoms with E-state index < -0.39 is 0 Å². The zero-order valence-corrected chi connectivity index (χ0v) is 8.28. The molecule has 0 aromatic carbocycles. The van der Waals surface area contributed by atoms with E-state index in [1.165, 1.54) is 0 Å². The molecule has 2 atom stereocenters. The lowest BCUT2D eigenvalue weighted by Gasteiger charge is -2.33. The van der Waals surface area contributed by atoms with E-state index in [1.54, 1.807) is 0 Å². The molecule has 0 saturated carbocycles. The van der Waals surface area contributed by atoms with Gasteiger partial charge in [0.2, 0.25) is 0 Å². The summed E-state index contributed by atoms with van der Waals surface area (Å²) in [5, 5.41) is 8.76. The third kappa shape index (κ3) is 3.60. The van der Waals surface area contributed by atoms with E-state index in [0.29, 0.717) is 6.04 Å². The Bertz CT molecular complexity index is 144. The summed E-state index contributed by atoms with van der Waals surface area (Å²) in [7, 11) is 0. The SMILES string of the molecule is CC1COCCN1CCC(N)CO. The minimum absolute atomic E-state index is 0.0740. The predicted octanol–water partition coefficient (Wildman–Crippen LogP) is -0.583. The van der Waals surface area contributed by atoms with Crippen LogP contribution in [-0.4, -0.2) is 55.0 Å². The van der Waals surface area contributed by atoms with Crippen molar-refractivity contribution in [3.63, 3.8) is 0 Å². The van der Waals surface area contributed by atoms with Crippen LogP contribution in [0.3, 0.4) is 0 Å². The molecule has 0 amide bonds. The Hall–Kier alpha value is -0.160. The van der Waals surface area contributed by atoms with Gasteiger partial charge in [0, 0.05) is 25.2 Å². The molecule has 1 rings (SSSR count). The van der Waals surface area contributed by atoms with Gasteiger partial charge in [-0.1, -0.05) is 0 Å². The highest BCUT2D eigenvalue weighted by molar-refractivity contribution is 4.72. The molecule has 0 aliphatic carbocycles. The summed E-state index contributed by atoms with van der Waals surface area (Å²) < 4.78 is 5.32. The molecule has 4 nitrogen and oxygen atoms in total. The van der Waals surface area contributed by atoms with Crippen LogP contribution in [0.15, 0.2) is 0 Å². The predicted molar refractivity (Wildman–Crippen MR) is 51.5 cm³/mol. The van der Waals surface area contributed by atoms with E-state index in [-0.39, 0.29) is 12.6 Å². The zero-order chi connectivity index (χ0) is 9.68. The zero-order valence-electron chi connectivity index (χ0n) is 8.28. The van der Waals surface area contributed by atoms with Crippen molar-refractivity contribution in [1.82, 2.24) is 4.90 Å². The maximum Gasteiger partial charge on any atom is 0.0619 e. The molecule has 0 aromatic rings. The highest BCUT2D eigenvalue weighted by Crippen LogP contribution is 2.06. The Morgan fingerprint density at radius 1 is 1.69 bits per heavy atom. The van der Waals surface area contributed by atoms with Gasteiger partial charge in [0.25, 0.3) is 0 Å². The minimum Gasteiger partial charge on any atom is -0.395 e. The summed E-state index contributed by atoms with van der Waals surface area (Å²) in [4.78, 5) is 2.36. The fourth-order valence-corrected chi connectivity index (χ4v) is 1.52. The topological polar surface area (TPSA) is 58.7 Å². The Morgan fingerprint density at radius 3 is 3.08 bits per heavy atom. The van der Waals surface area contributed by atoms with Crippen LogP contribution in [0.1, 0.15) is 13.3 Å². The van der Waals surface area contributed by atoms with E-state index in [1.807, 2.05) is 0 Å². The number of aliphatic hydroxyl groups excluding tert-OH is 1. The lowest BCUT2D eigenvalue weighted by Crippen LogP contribution is -2.45. The van der Waals surface area contributed by atoms with Gasteiger partial charge in [0.15, 0.2) is 0 Å². The monoisotopic (exact) mass is 188 g/mol. The van der Waals surface area contributed by atoms with Crippen LogP contribution >= 0.6 is 0 Å². The first-order chi connectivity index (χ1) is 6.24. The summed E-state index contributed by atoms with van der Waals surface area (Å²) in [5.41, 5.74) is 5.63. The van der Waals surface area contributed by atoms with Gasteiger partial charge < -0.3 is 15.6 Å². The van der Waals surface area contributed by atoms with E-state index in [2.05, 4.69) is 11.8 Å². The van der Waals surface area contributed by atoms with Gasteiger partial charge in [0.1, 0.15) is 0 Å². The lowest BCUT2D eigenvalue weighted by molar-refractivity contribution is -0.00196. The van der Waals surface area contributed by atoms with Crippen LogP contribution in [0.25, 0.3) is 0 Å². The average Bonchev–Trinajstić information content (AvgIpc) is 2.16. The van der Waals surface area contributed by atoms with E-state index in [0.717, 1.165) is 32.7 Å². The molecule has 0 aromatic heterocycles. The number of hydrogen-bond donors (Lipinski definition) is 2. The smallest absolute Gasteiger partial charge is 0.0619 e. The van der Waals surface area contributed by atoms with Gasteiger partial charge >= 0.3 is 0 Å². The standard InChI is InChI=1S/C9H20N2O2/c1-8-7-13-5-4-11(8)3-2-9(10)6-12/h8-9,12H,2-7,10H2,1H3. The van der Waals surface area contributed by atoms with E-state index in [9.17, 15) is 0 Å². The number of morpholine rings is 1. The highest BCUT2D eigenvalue weighted by Gasteiger charge is 2.18. The van der Waals surface area contributed by atoms with E-state index in [4.69, 9.17) is 15.6 Å². The molecular weight excluding hydrogens is 168 g/mol. The summed E-state index contributed by atoms with van der Waals surface area (Å²) in [6, 6.07) is 0.412. The minimum atomic E-state index is -0.0740. The molecule has 1 heterocycles. The van der Waals surface area contributed by atoms with Gasteiger partial charge in [-0.25, -0.2) is 0 Å². The maximum absolute atomic E-state index is 8.76. The van der Waals surface area contributed by atoms with Gasteiger partial charge in [0.05, 0.1) is 19.8 Å². The Morgan fingerprint density at radius 2 is 2.46 bits per heavy atom. The van der Waals surface area contributed by atoms with Crippen molar-refractivity contribution in [2.24, 2.45) is 5.73 Å². The summed E-state index contributed by atoms with van der Waals surface area (Å²) >= 11 is 0. The molecule has 1 aliphatic rings. The number of nitrogens with two attached hydrogens (primary N) is 1. The molecule has 4 heteroatoms. The van der Waals surface area contributed by atoms with Crippen molar-refractivity contribution < 1.29 is 9.84 Å². The second-order valence-electron chi connectivity index (χ2n) is 3.69. The summed E-state index contributed by atoms with van der Waals surface area (Å²) in [6.45, 7) is 5.82. The largest absolute Gasteiger partial charge is 0.395 e. The number of ether oxygens (including phenoxy) is 1. The third-order valence-electron chi connectivity index (χ3n) is 2.53. The van der Waals surface area contributed by atoms with Gasteiger partial charge in [-0.3, -0.25) is 4.90 Å². The molecule has 78 valence electrons. The first kappa shape index (κ1) is 10.9. The number of aliphatic hydroxyl groups is 1. The van der Waals surface area contributed by atoms with Crippen LogP contribution in [0, 0.1) is 0 Å². The normalized spacial score (nSPS) is 27.5. The van der Waals surface area contributed by atoms with Gasteiger partial charge in [-0.15, -0.1) is 0 Å². The van der Waals surface area contributed by atoms with Crippen molar-refractivity contribution in [1.29, 1.82) is 0 Å². The van der Waals surface area contributed by atoms with Crippen molar-refractivity contribution in [3.8, 4) is 0 Å². The van der Waals surface area contributed by atoms with Crippen molar-refractivity contribution in [2.45, 2.75) is 25.4 Å². The first-order valence-corrected chi connectivity index (χ1v) is 4.92. The molecule has 1 aliphatic heterocycles. The fourth-order valence-electron chi connectivity index (χ4n) is 1.52. The molecular formula is C9H20N2O2. The number of rotatable bonds is 4. The highest BCUT2D eigenvalue weighted by atomic mass is 16.5. The van der Waals surface area contributed by atoms with Crippen molar-refractivity contribution in [2.75, 3.05) is 32.9 Å². The van der Waals surface area contributed by atoms with Gasteiger partial charge in [-0.05, 0) is 13.3 Å². The quantitative estimate of drug-likeness (QED) is 0.619. The molecule has 0 radical (unpaired) electrons. The fraction of sp³-hybridized carbons (Fsp3) is 1.00. The van der Waals surface area contributed by atoms with E-state index >= 15 is 0 Å². The van der Waals surface area contributed by atoms with Crippen LogP contribution in [0.4, 0.5) is 0 Å². The van der Waals surface area contributed by atoms with Crippen LogP contribution in [0.5, 0.6) is 0 Å². The third-order valence-corrected chi connectivity index (χ3v) is 2.53. The Kier molecular flexibility index (Phi) is 4.66. The van der Waals surface area contributed by atoms with Crippen LogP contribution < -0.4 is 5.73 Å². The Balaban J connectivity index is 2.18. The second-order valence-corrected chi connectivity index (χ2v) is 3.69. The van der Waals surface area contributed by atoms with Crippen LogP contribution in [0.2, 0.25) is 0 Å². The van der Waals surface area contributed by atoms with Crippen molar-refractivity contribution >= 4 is 0 Å². The average molecular weight is 188 g/mol. The second kappa shape index (κ2) is 5.54.